The molecule has 0 radical (unpaired) electrons. The van der Waals surface area contributed by atoms with Crippen molar-refractivity contribution in [1.82, 2.24) is 0 Å². The van der Waals surface area contributed by atoms with Crippen LogP contribution in [0.15, 0.2) is 28.6 Å². The van der Waals surface area contributed by atoms with Crippen molar-refractivity contribution in [3.05, 3.63) is 45.2 Å². The van der Waals surface area contributed by atoms with Gasteiger partial charge >= 0.3 is 0 Å². The van der Waals surface area contributed by atoms with E-state index in [2.05, 4.69) is 10.4 Å². The topological polar surface area (TPSA) is 58.9 Å². The Hall–Kier alpha value is -1.72. The van der Waals surface area contributed by atoms with E-state index in [0.717, 1.165) is 12.1 Å². The maximum absolute atomic E-state index is 13.2. The maximum Gasteiger partial charge on any atom is 0.145 e. The Labute approximate surface area is 84.2 Å². The Bertz CT molecular complexity index is 384. The van der Waals surface area contributed by atoms with Gasteiger partial charge in [-0.05, 0) is 13.0 Å². The fourth-order valence-electron chi connectivity index (χ4n) is 1.20. The minimum absolute atomic E-state index is 0.126. The summed E-state index contributed by atoms with van der Waals surface area (Å²) < 4.78 is 25.8. The van der Waals surface area contributed by atoms with E-state index < -0.39 is 23.7 Å². The Morgan fingerprint density at radius 2 is 1.87 bits per heavy atom. The molecule has 0 amide bonds. The predicted molar refractivity (Wildman–Crippen MR) is 50.2 cm³/mol. The lowest BCUT2D eigenvalue weighted by molar-refractivity contribution is 0.522. The Balaban J connectivity index is 3.12. The first-order valence-corrected chi connectivity index (χ1v) is 4.20. The van der Waals surface area contributed by atoms with Gasteiger partial charge in [0.15, 0.2) is 0 Å². The van der Waals surface area contributed by atoms with Crippen LogP contribution in [0.4, 0.5) is 8.78 Å². The van der Waals surface area contributed by atoms with Crippen LogP contribution >= 0.6 is 0 Å². The molecule has 1 aromatic rings. The van der Waals surface area contributed by atoms with E-state index in [0.29, 0.717) is 6.07 Å². The lowest BCUT2D eigenvalue weighted by atomic mass is 10.0. The van der Waals surface area contributed by atoms with Gasteiger partial charge in [0.2, 0.25) is 0 Å². The number of nitrogens with zero attached hydrogens (tertiary/aromatic N) is 2. The van der Waals surface area contributed by atoms with Gasteiger partial charge < -0.3 is 0 Å². The molecule has 0 saturated carbocycles. The van der Waals surface area contributed by atoms with Crippen LogP contribution in [0.25, 0.3) is 0 Å². The molecule has 4 nitrogen and oxygen atoms in total. The lowest BCUT2D eigenvalue weighted by Crippen LogP contribution is -2.11. The minimum Gasteiger partial charge on any atom is -0.207 e. The van der Waals surface area contributed by atoms with Crippen molar-refractivity contribution in [2.75, 3.05) is 0 Å². The fourth-order valence-corrected chi connectivity index (χ4v) is 1.20. The highest BCUT2D eigenvalue weighted by Gasteiger charge is 2.24. The third-order valence-electron chi connectivity index (χ3n) is 2.02. The number of nitroso groups, excluding NO2 is 2. The first-order valence-electron chi connectivity index (χ1n) is 4.20. The van der Waals surface area contributed by atoms with E-state index in [-0.39, 0.29) is 5.56 Å². The van der Waals surface area contributed by atoms with Crippen LogP contribution in [0.5, 0.6) is 0 Å². The molecular weight excluding hydrogens is 206 g/mol. The summed E-state index contributed by atoms with van der Waals surface area (Å²) in [6.07, 6.45) is 0. The predicted octanol–water partition coefficient (Wildman–Crippen LogP) is 2.93. The van der Waals surface area contributed by atoms with Gasteiger partial charge in [0.25, 0.3) is 0 Å². The number of hydrogen-bond acceptors (Lipinski definition) is 4. The molecule has 0 spiro atoms. The summed E-state index contributed by atoms with van der Waals surface area (Å²) in [6.45, 7) is 1.34. The highest BCUT2D eigenvalue weighted by atomic mass is 19.1. The summed E-state index contributed by atoms with van der Waals surface area (Å²) in [7, 11) is 0. The Morgan fingerprint density at radius 1 is 1.20 bits per heavy atom. The van der Waals surface area contributed by atoms with E-state index in [4.69, 9.17) is 0 Å². The summed E-state index contributed by atoms with van der Waals surface area (Å²) in [5.74, 6) is -1.66. The summed E-state index contributed by atoms with van der Waals surface area (Å²) >= 11 is 0. The molecule has 0 aliphatic carbocycles. The van der Waals surface area contributed by atoms with Gasteiger partial charge in [-0.1, -0.05) is 16.4 Å². The minimum atomic E-state index is -1.22. The van der Waals surface area contributed by atoms with Crippen LogP contribution in [0, 0.1) is 21.4 Å². The normalized spacial score (nSPS) is 14.3. The van der Waals surface area contributed by atoms with Crippen LogP contribution in [0.3, 0.4) is 0 Å². The van der Waals surface area contributed by atoms with E-state index in [1.165, 1.54) is 6.92 Å². The third kappa shape index (κ3) is 2.39. The van der Waals surface area contributed by atoms with Crippen molar-refractivity contribution in [3.63, 3.8) is 0 Å². The SMILES string of the molecule is CC(N=O)C(N=O)c1ccc(F)cc1F. The molecule has 0 heterocycles. The zero-order valence-corrected chi connectivity index (χ0v) is 7.85. The third-order valence-corrected chi connectivity index (χ3v) is 2.02. The van der Waals surface area contributed by atoms with Crippen molar-refractivity contribution in [3.8, 4) is 0 Å². The molecule has 0 bridgehead atoms. The quantitative estimate of drug-likeness (QED) is 0.723. The zero-order valence-electron chi connectivity index (χ0n) is 7.85. The number of rotatable bonds is 4. The molecule has 0 fully saturated rings. The molecule has 0 aliphatic heterocycles. The Morgan fingerprint density at radius 3 is 2.33 bits per heavy atom. The number of benzene rings is 1. The van der Waals surface area contributed by atoms with E-state index in [1.54, 1.807) is 0 Å². The van der Waals surface area contributed by atoms with Gasteiger partial charge in [-0.15, -0.1) is 0 Å². The molecule has 15 heavy (non-hydrogen) atoms. The summed E-state index contributed by atoms with van der Waals surface area (Å²) in [4.78, 5) is 20.6. The second-order valence-corrected chi connectivity index (χ2v) is 3.06. The first-order chi connectivity index (χ1) is 7.10. The molecule has 80 valence electrons. The van der Waals surface area contributed by atoms with Crippen molar-refractivity contribution in [2.24, 2.45) is 10.4 Å². The molecule has 0 N–H and O–H groups in total. The number of hydrogen-bond donors (Lipinski definition) is 0. The summed E-state index contributed by atoms with van der Waals surface area (Å²) in [5, 5.41) is 5.21. The molecule has 2 atom stereocenters. The molecule has 6 heteroatoms. The molecule has 2 unspecified atom stereocenters. The van der Waals surface area contributed by atoms with Crippen LogP contribution in [0.1, 0.15) is 18.5 Å². The summed E-state index contributed by atoms with van der Waals surface area (Å²) in [5.41, 5.74) is -0.126. The molecule has 0 saturated heterocycles. The van der Waals surface area contributed by atoms with E-state index in [1.807, 2.05) is 0 Å². The van der Waals surface area contributed by atoms with Gasteiger partial charge in [0.1, 0.15) is 23.7 Å². The monoisotopic (exact) mass is 214 g/mol. The van der Waals surface area contributed by atoms with E-state index in [9.17, 15) is 18.6 Å². The van der Waals surface area contributed by atoms with Crippen molar-refractivity contribution in [1.29, 1.82) is 0 Å². The highest BCUT2D eigenvalue weighted by Crippen LogP contribution is 2.26. The smallest absolute Gasteiger partial charge is 0.145 e. The molecular formula is C9H8F2N2O2. The van der Waals surface area contributed by atoms with Gasteiger partial charge in [-0.25, -0.2) is 8.78 Å². The van der Waals surface area contributed by atoms with Crippen LogP contribution in [-0.4, -0.2) is 6.04 Å². The largest absolute Gasteiger partial charge is 0.207 e. The molecule has 1 aromatic carbocycles. The lowest BCUT2D eigenvalue weighted by Gasteiger charge is -2.11. The van der Waals surface area contributed by atoms with Crippen molar-refractivity contribution < 1.29 is 8.78 Å². The second kappa shape index (κ2) is 4.68. The molecule has 1 rings (SSSR count). The maximum atomic E-state index is 13.2. The standard InChI is InChI=1S/C9H8F2N2O2/c1-5(12-14)9(13-15)7-3-2-6(10)4-8(7)11/h2-5,9H,1H3. The zero-order chi connectivity index (χ0) is 11.4. The average molecular weight is 214 g/mol. The van der Waals surface area contributed by atoms with Gasteiger partial charge in [-0.3, -0.25) is 0 Å². The van der Waals surface area contributed by atoms with E-state index >= 15 is 0 Å². The summed E-state index contributed by atoms with van der Waals surface area (Å²) in [6, 6.07) is 0.503. The van der Waals surface area contributed by atoms with Crippen LogP contribution in [0.2, 0.25) is 0 Å². The van der Waals surface area contributed by atoms with Gasteiger partial charge in [-0.2, -0.15) is 9.81 Å². The first kappa shape index (κ1) is 11.4. The molecule has 0 aromatic heterocycles. The van der Waals surface area contributed by atoms with Crippen molar-refractivity contribution in [2.45, 2.75) is 19.0 Å². The highest BCUT2D eigenvalue weighted by molar-refractivity contribution is 5.23. The fraction of sp³-hybridized carbons (Fsp3) is 0.333. The molecule has 0 aliphatic rings. The average Bonchev–Trinajstić information content (AvgIpc) is 2.21. The van der Waals surface area contributed by atoms with Gasteiger partial charge in [0.05, 0.1) is 0 Å². The van der Waals surface area contributed by atoms with Crippen LogP contribution in [-0.2, 0) is 0 Å². The van der Waals surface area contributed by atoms with Gasteiger partial charge in [0, 0.05) is 11.6 Å². The van der Waals surface area contributed by atoms with Crippen molar-refractivity contribution >= 4 is 0 Å². The van der Waals surface area contributed by atoms with Crippen LogP contribution < -0.4 is 0 Å². The second-order valence-electron chi connectivity index (χ2n) is 3.06. The number of halogens is 2. The Kier molecular flexibility index (Phi) is 3.54.